The minimum Gasteiger partial charge on any atom is -0.490 e. The van der Waals surface area contributed by atoms with Gasteiger partial charge < -0.3 is 10.1 Å². The van der Waals surface area contributed by atoms with E-state index in [0.717, 1.165) is 16.9 Å². The zero-order chi connectivity index (χ0) is 20.7. The number of nitrogens with zero attached hydrogens (tertiary/aromatic N) is 3. The van der Waals surface area contributed by atoms with Gasteiger partial charge in [0.25, 0.3) is 11.5 Å². The van der Waals surface area contributed by atoms with Crippen LogP contribution < -0.4 is 15.6 Å². The first-order valence-electron chi connectivity index (χ1n) is 8.44. The van der Waals surface area contributed by atoms with Crippen molar-refractivity contribution in [3.8, 4) is 5.75 Å². The molecule has 0 bridgehead atoms. The van der Waals surface area contributed by atoms with Crippen LogP contribution in [0.5, 0.6) is 5.75 Å². The van der Waals surface area contributed by atoms with Gasteiger partial charge in [-0.3, -0.25) is 24.1 Å². The maximum absolute atomic E-state index is 12.7. The van der Waals surface area contributed by atoms with Crippen LogP contribution in [0.2, 0.25) is 0 Å². The van der Waals surface area contributed by atoms with Crippen molar-refractivity contribution in [2.24, 2.45) is 0 Å². The number of ether oxygens (including phenoxy) is 1. The molecule has 0 saturated heterocycles. The molecule has 0 fully saturated rings. The first-order chi connectivity index (χ1) is 13.9. The lowest BCUT2D eigenvalue weighted by atomic mass is 10.2. The van der Waals surface area contributed by atoms with Crippen LogP contribution in [0.25, 0.3) is 15.9 Å². The maximum Gasteiger partial charge on any atom is 0.312 e. The molecule has 29 heavy (non-hydrogen) atoms. The molecule has 3 aromatic heterocycles. The van der Waals surface area contributed by atoms with Gasteiger partial charge in [-0.2, -0.15) is 0 Å². The normalized spacial score (nSPS) is 11.0. The van der Waals surface area contributed by atoms with Crippen LogP contribution in [-0.2, 0) is 0 Å². The lowest BCUT2D eigenvalue weighted by molar-refractivity contribution is -0.385. The van der Waals surface area contributed by atoms with Crippen molar-refractivity contribution in [3.63, 3.8) is 0 Å². The third-order valence-electron chi connectivity index (χ3n) is 4.39. The minimum absolute atomic E-state index is 0.0918. The smallest absolute Gasteiger partial charge is 0.312 e. The van der Waals surface area contributed by atoms with Gasteiger partial charge in [-0.25, -0.2) is 4.98 Å². The second-order valence-electron chi connectivity index (χ2n) is 6.23. The summed E-state index contributed by atoms with van der Waals surface area (Å²) in [5, 5.41) is 14.1. The van der Waals surface area contributed by atoms with Gasteiger partial charge in [0.2, 0.25) is 0 Å². The highest BCUT2D eigenvalue weighted by atomic mass is 32.1. The quantitative estimate of drug-likeness (QED) is 0.407. The first-order valence-corrected chi connectivity index (χ1v) is 9.26. The van der Waals surface area contributed by atoms with E-state index in [9.17, 15) is 19.7 Å². The average Bonchev–Trinajstić information content (AvgIpc) is 3.14. The highest BCUT2D eigenvalue weighted by Gasteiger charge is 2.19. The monoisotopic (exact) mass is 410 g/mol. The molecular formula is C19H14N4O5S. The molecule has 0 saturated carbocycles. The third kappa shape index (κ3) is 3.19. The molecule has 0 aliphatic carbocycles. The van der Waals surface area contributed by atoms with E-state index in [1.54, 1.807) is 12.3 Å². The van der Waals surface area contributed by atoms with E-state index >= 15 is 0 Å². The number of amides is 1. The number of aromatic nitrogens is 2. The lowest BCUT2D eigenvalue weighted by Crippen LogP contribution is -2.14. The number of aryl methyl sites for hydroxylation is 1. The average molecular weight is 410 g/mol. The van der Waals surface area contributed by atoms with E-state index in [1.165, 1.54) is 35.8 Å². The molecule has 146 valence electrons. The molecule has 1 aromatic carbocycles. The predicted octanol–water partition coefficient (Wildman–Crippen LogP) is 3.39. The Kier molecular flexibility index (Phi) is 4.47. The summed E-state index contributed by atoms with van der Waals surface area (Å²) in [7, 11) is 1.33. The molecule has 10 heteroatoms. The highest BCUT2D eigenvalue weighted by Crippen LogP contribution is 2.30. The Bertz CT molecular complexity index is 1360. The van der Waals surface area contributed by atoms with E-state index in [-0.39, 0.29) is 27.6 Å². The first kappa shape index (κ1) is 18.6. The molecule has 1 amide bonds. The number of anilines is 1. The number of hydrogen-bond donors (Lipinski definition) is 1. The summed E-state index contributed by atoms with van der Waals surface area (Å²) < 4.78 is 6.40. The minimum atomic E-state index is -0.591. The molecule has 0 unspecified atom stereocenters. The second-order valence-corrected chi connectivity index (χ2v) is 7.26. The summed E-state index contributed by atoms with van der Waals surface area (Å²) in [6.45, 7) is 1.85. The van der Waals surface area contributed by atoms with Crippen LogP contribution in [-0.4, -0.2) is 27.3 Å². The van der Waals surface area contributed by atoms with Gasteiger partial charge in [0.15, 0.2) is 5.75 Å². The number of nitrogens with one attached hydrogen (secondary N) is 1. The molecule has 0 radical (unpaired) electrons. The Morgan fingerprint density at radius 1 is 1.31 bits per heavy atom. The van der Waals surface area contributed by atoms with Crippen LogP contribution in [0.15, 0.2) is 47.4 Å². The fourth-order valence-corrected chi connectivity index (χ4v) is 3.89. The number of rotatable bonds is 4. The summed E-state index contributed by atoms with van der Waals surface area (Å²) >= 11 is 1.09. The second kappa shape index (κ2) is 6.99. The largest absolute Gasteiger partial charge is 0.490 e. The number of thiophene rings is 1. The van der Waals surface area contributed by atoms with Crippen molar-refractivity contribution < 1.29 is 14.5 Å². The molecular weight excluding hydrogens is 396 g/mol. The van der Waals surface area contributed by atoms with Crippen LogP contribution >= 0.6 is 11.3 Å². The van der Waals surface area contributed by atoms with Crippen molar-refractivity contribution in [3.05, 3.63) is 73.5 Å². The molecule has 3 heterocycles. The molecule has 4 aromatic rings. The number of hydrogen-bond acceptors (Lipinski definition) is 7. The van der Waals surface area contributed by atoms with Crippen molar-refractivity contribution in [1.82, 2.24) is 9.38 Å². The molecule has 1 N–H and O–H groups in total. The fourth-order valence-electron chi connectivity index (χ4n) is 2.97. The number of fused-ring (bicyclic) bond motifs is 2. The van der Waals surface area contributed by atoms with E-state index < -0.39 is 10.8 Å². The number of methoxy groups -OCH3 is 1. The SMILES string of the molecule is COc1ccc(NC(=O)c2cc3c(=O)n4cccc(C)c4nc3s2)cc1[N+](=O)[O-]. The van der Waals surface area contributed by atoms with E-state index in [0.29, 0.717) is 15.9 Å². The van der Waals surface area contributed by atoms with E-state index in [2.05, 4.69) is 10.3 Å². The summed E-state index contributed by atoms with van der Waals surface area (Å²) in [6, 6.07) is 9.22. The number of pyridine rings is 1. The standard InChI is InChI=1S/C19H14N4O5S/c1-10-4-3-7-22-16(10)21-18-12(19(22)25)9-15(29-18)17(24)20-11-5-6-14(28-2)13(8-11)23(26)27/h3-9H,1-2H3,(H,20,24). The highest BCUT2D eigenvalue weighted by molar-refractivity contribution is 7.20. The van der Waals surface area contributed by atoms with Crippen molar-refractivity contribution in [1.29, 1.82) is 0 Å². The van der Waals surface area contributed by atoms with Crippen LogP contribution in [0.3, 0.4) is 0 Å². The van der Waals surface area contributed by atoms with E-state index in [4.69, 9.17) is 4.74 Å². The molecule has 0 aliphatic heterocycles. The van der Waals surface area contributed by atoms with Gasteiger partial charge in [-0.1, -0.05) is 6.07 Å². The van der Waals surface area contributed by atoms with Crippen molar-refractivity contribution >= 4 is 44.5 Å². The van der Waals surface area contributed by atoms with Gasteiger partial charge in [-0.15, -0.1) is 11.3 Å². The number of carbonyl (C=O) groups is 1. The Labute approximate surface area is 167 Å². The fraction of sp³-hybridized carbons (Fsp3) is 0.105. The Morgan fingerprint density at radius 2 is 2.10 bits per heavy atom. The third-order valence-corrected chi connectivity index (χ3v) is 5.42. The Hall–Kier alpha value is -3.79. The Morgan fingerprint density at radius 3 is 2.83 bits per heavy atom. The number of benzene rings is 1. The lowest BCUT2D eigenvalue weighted by Gasteiger charge is -2.06. The molecule has 9 nitrogen and oxygen atoms in total. The predicted molar refractivity (Wildman–Crippen MR) is 109 cm³/mol. The molecule has 4 rings (SSSR count). The zero-order valence-corrected chi connectivity index (χ0v) is 16.1. The van der Waals surface area contributed by atoms with Crippen LogP contribution in [0, 0.1) is 17.0 Å². The van der Waals surface area contributed by atoms with Gasteiger partial charge in [0.1, 0.15) is 10.5 Å². The zero-order valence-electron chi connectivity index (χ0n) is 15.3. The molecule has 0 aliphatic rings. The van der Waals surface area contributed by atoms with Crippen LogP contribution in [0.4, 0.5) is 11.4 Å². The molecule has 0 spiro atoms. The summed E-state index contributed by atoms with van der Waals surface area (Å²) in [5.74, 6) is -0.396. The van der Waals surface area contributed by atoms with Crippen LogP contribution in [0.1, 0.15) is 15.2 Å². The van der Waals surface area contributed by atoms with Crippen molar-refractivity contribution in [2.75, 3.05) is 12.4 Å². The molecule has 0 atom stereocenters. The number of carbonyl (C=O) groups excluding carboxylic acids is 1. The topological polar surface area (TPSA) is 116 Å². The summed E-state index contributed by atoms with van der Waals surface area (Å²) in [4.78, 5) is 41.2. The Balaban J connectivity index is 1.73. The van der Waals surface area contributed by atoms with Gasteiger partial charge in [-0.05, 0) is 36.8 Å². The number of nitro groups is 1. The number of nitro benzene ring substituents is 1. The summed E-state index contributed by atoms with van der Waals surface area (Å²) in [5.41, 5.74) is 1.10. The maximum atomic E-state index is 12.7. The van der Waals surface area contributed by atoms with Gasteiger partial charge in [0.05, 0.1) is 22.3 Å². The van der Waals surface area contributed by atoms with Gasteiger partial charge >= 0.3 is 5.69 Å². The van der Waals surface area contributed by atoms with Gasteiger partial charge in [0, 0.05) is 18.0 Å². The summed E-state index contributed by atoms with van der Waals surface area (Å²) in [6.07, 6.45) is 1.63. The van der Waals surface area contributed by atoms with E-state index in [1.807, 2.05) is 13.0 Å². The van der Waals surface area contributed by atoms with Crippen molar-refractivity contribution in [2.45, 2.75) is 6.92 Å².